The van der Waals surface area contributed by atoms with Gasteiger partial charge in [0.1, 0.15) is 36.6 Å². The molecule has 15 nitrogen and oxygen atoms in total. The molecule has 384 valence electrons. The number of alkyl halides is 1. The Morgan fingerprint density at radius 2 is 1.78 bits per heavy atom. The zero-order valence-corrected chi connectivity index (χ0v) is 43.2. The smallest absolute Gasteiger partial charge is 0.309 e. The Kier molecular flexibility index (Phi) is 21.6. The molecule has 3 saturated heterocycles. The molecule has 3 fully saturated rings. The number of aliphatic hydroxyl groups is 3. The summed E-state index contributed by atoms with van der Waals surface area (Å²) < 4.78 is 54.4. The number of ether oxygens (including phenoxy) is 6. The molecule has 18 atom stereocenters. The number of hydrogen-bond acceptors (Lipinski definition) is 14. The van der Waals surface area contributed by atoms with Gasteiger partial charge in [-0.05, 0) is 92.3 Å². The van der Waals surface area contributed by atoms with Crippen LogP contribution >= 0.6 is 0 Å². The molecule has 1 aromatic heterocycles. The van der Waals surface area contributed by atoms with Crippen molar-refractivity contribution in [1.29, 1.82) is 0 Å². The number of aliphatic hydroxyl groups excluding tert-OH is 2. The average molecular weight is 950 g/mol. The number of allylic oxidation sites excluding steroid dienone is 4. The predicted octanol–water partition coefficient (Wildman–Crippen LogP) is 6.26. The van der Waals surface area contributed by atoms with E-state index in [-0.39, 0.29) is 30.6 Å². The van der Waals surface area contributed by atoms with Gasteiger partial charge >= 0.3 is 5.97 Å². The summed E-state index contributed by atoms with van der Waals surface area (Å²) in [5.74, 6) is -2.32. The molecule has 3 aliphatic rings. The minimum atomic E-state index is -1.75. The van der Waals surface area contributed by atoms with Gasteiger partial charge in [-0.2, -0.15) is 0 Å². The summed E-state index contributed by atoms with van der Waals surface area (Å²) in [4.78, 5) is 18.8. The zero-order valence-electron chi connectivity index (χ0n) is 43.2. The van der Waals surface area contributed by atoms with Crippen molar-refractivity contribution in [3.63, 3.8) is 0 Å². The second-order valence-electron chi connectivity index (χ2n) is 20.8. The van der Waals surface area contributed by atoms with Gasteiger partial charge in [0.2, 0.25) is 0 Å². The number of rotatable bonds is 16. The van der Waals surface area contributed by atoms with Crippen LogP contribution in [0.4, 0.5) is 4.39 Å². The summed E-state index contributed by atoms with van der Waals surface area (Å²) in [5.41, 5.74) is -0.696. The van der Waals surface area contributed by atoms with E-state index >= 15 is 0 Å². The van der Waals surface area contributed by atoms with Crippen molar-refractivity contribution >= 4 is 5.97 Å². The van der Waals surface area contributed by atoms with Gasteiger partial charge in [0.15, 0.2) is 6.29 Å². The van der Waals surface area contributed by atoms with Crippen molar-refractivity contribution in [2.24, 2.45) is 23.7 Å². The molecule has 0 aliphatic carbocycles. The lowest BCUT2D eigenvalue weighted by molar-refractivity contribution is -0.256. The Labute approximate surface area is 401 Å². The van der Waals surface area contributed by atoms with Crippen LogP contribution in [0.5, 0.6) is 0 Å². The molecule has 4 rings (SSSR count). The van der Waals surface area contributed by atoms with Gasteiger partial charge < -0.3 is 53.5 Å². The third-order valence-electron chi connectivity index (χ3n) is 15.2. The maximum Gasteiger partial charge on any atom is 0.309 e. The molecule has 0 spiro atoms. The Morgan fingerprint density at radius 1 is 1.07 bits per heavy atom. The number of methoxy groups -OCH3 is 2. The van der Waals surface area contributed by atoms with E-state index < -0.39 is 96.6 Å². The highest BCUT2D eigenvalue weighted by atomic mass is 19.1. The maximum atomic E-state index is 14.5. The van der Waals surface area contributed by atoms with Crippen LogP contribution in [0.3, 0.4) is 0 Å². The Hall–Kier alpha value is -2.64. The first kappa shape index (κ1) is 56.9. The molecule has 4 heterocycles. The number of nitrogens with zero attached hydrogens (tertiary/aromatic N) is 5. The summed E-state index contributed by atoms with van der Waals surface area (Å²) in [6.07, 6.45) is 6.64. The van der Waals surface area contributed by atoms with E-state index in [1.165, 1.54) is 6.92 Å². The molecule has 16 heteroatoms. The monoisotopic (exact) mass is 950 g/mol. The number of esters is 1. The number of halogens is 1. The molecular formula is C51H88FN5O10. The second kappa shape index (κ2) is 25.5. The van der Waals surface area contributed by atoms with E-state index in [0.717, 1.165) is 17.7 Å². The number of cyclic esters (lactones) is 1. The first-order valence-electron chi connectivity index (χ1n) is 24.7. The number of hydrogen-bond donors (Lipinski definition) is 3. The standard InChI is InChI=1S/C51H88FN5O10/c1-16-18-19-20-32(4)46(62-14)40(28-52)57-30-38(53-54-57)21-22-55(12)39-24-33(5)65-44(25-39)67-47-35(7)45(42-27-50(10,63-15)26-34(6)64-42)36(8)49(60)66-43(17-2)51(11,61)48(59)37(9)56(13)29-31(3)23-41(47)58/h16,18-20,30-31,33-37,39-48,58-59,61H,1,17,21-29H2,2-15H3/b19-18-,32-20+/t31-,33-,34+,35+,36-,37-,39+,40-,41-,42?,43-,44+,45+,46-,47-,48-,50+,51-/m1/s1. The van der Waals surface area contributed by atoms with Crippen molar-refractivity contribution in [3.8, 4) is 0 Å². The van der Waals surface area contributed by atoms with Crippen LogP contribution in [0.15, 0.2) is 42.7 Å². The molecule has 1 aromatic rings. The van der Waals surface area contributed by atoms with Gasteiger partial charge in [-0.25, -0.2) is 9.07 Å². The maximum absolute atomic E-state index is 14.5. The van der Waals surface area contributed by atoms with Crippen LogP contribution in [-0.2, 0) is 39.6 Å². The lowest BCUT2D eigenvalue weighted by Crippen LogP contribution is -2.59. The molecule has 0 aromatic carbocycles. The molecule has 67 heavy (non-hydrogen) atoms. The summed E-state index contributed by atoms with van der Waals surface area (Å²) in [7, 11) is 7.21. The molecule has 0 saturated carbocycles. The van der Waals surface area contributed by atoms with Crippen molar-refractivity contribution in [2.45, 2.75) is 199 Å². The van der Waals surface area contributed by atoms with Gasteiger partial charge in [-0.15, -0.1) is 5.10 Å². The molecule has 3 aliphatic heterocycles. The fourth-order valence-corrected chi connectivity index (χ4v) is 11.1. The SMILES string of the molecule is C=C/C=C\C=C(/C)[C@@H](OC)[C@@H](CF)n1cc(CCN(C)[C@@H]2C[C@H](O[C@@H]3[C@@H](C)[C@H](C4C[C@@](C)(OC)C[C@H](C)O4)[C@@H](C)C(=O)O[C@H](CC)[C@@](C)(O)[C@H](O)[C@@H](C)N(C)C[C@H](C)C[C@H]3O)O[C@H](C)C2)nn1. The van der Waals surface area contributed by atoms with Gasteiger partial charge in [0, 0.05) is 77.2 Å². The second-order valence-corrected chi connectivity index (χ2v) is 20.8. The number of carbonyl (C=O) groups excluding carboxylic acids is 1. The molecular weight excluding hydrogens is 862 g/mol. The van der Waals surface area contributed by atoms with Crippen molar-refractivity contribution in [2.75, 3.05) is 48.1 Å². The number of aromatic nitrogens is 3. The summed E-state index contributed by atoms with van der Waals surface area (Å²) in [6, 6.07) is -1.13. The molecule has 0 radical (unpaired) electrons. The number of carbonyl (C=O) groups is 1. The number of likely N-dealkylation sites (N-methyl/N-ethyl adjacent to an activating group) is 2. The van der Waals surface area contributed by atoms with Crippen LogP contribution in [0.25, 0.3) is 0 Å². The summed E-state index contributed by atoms with van der Waals surface area (Å²) in [5, 5.41) is 44.6. The van der Waals surface area contributed by atoms with Crippen molar-refractivity contribution in [3.05, 3.63) is 48.3 Å². The third kappa shape index (κ3) is 14.7. The van der Waals surface area contributed by atoms with E-state index in [0.29, 0.717) is 45.2 Å². The van der Waals surface area contributed by atoms with E-state index in [2.05, 4.69) is 42.7 Å². The lowest BCUT2D eigenvalue weighted by Gasteiger charge is -2.48. The van der Waals surface area contributed by atoms with Gasteiger partial charge in [0.05, 0.1) is 47.7 Å². The average Bonchev–Trinajstić information content (AvgIpc) is 3.75. The molecule has 0 bridgehead atoms. The highest BCUT2D eigenvalue weighted by molar-refractivity contribution is 5.73. The Balaban J connectivity index is 1.63. The molecule has 1 unspecified atom stereocenters. The summed E-state index contributed by atoms with van der Waals surface area (Å²) in [6.45, 7) is 23.3. The van der Waals surface area contributed by atoms with Crippen LogP contribution < -0.4 is 0 Å². The van der Waals surface area contributed by atoms with E-state index in [4.69, 9.17) is 28.4 Å². The molecule has 0 amide bonds. The van der Waals surface area contributed by atoms with E-state index in [1.807, 2.05) is 72.6 Å². The normalized spacial score (nSPS) is 39.1. The first-order chi connectivity index (χ1) is 31.5. The fraction of sp³-hybridized carbons (Fsp3) is 0.824. The van der Waals surface area contributed by atoms with Crippen molar-refractivity contribution in [1.82, 2.24) is 24.8 Å². The highest BCUT2D eigenvalue weighted by Crippen LogP contribution is 2.43. The lowest BCUT2D eigenvalue weighted by atomic mass is 9.71. The van der Waals surface area contributed by atoms with Gasteiger partial charge in [-0.3, -0.25) is 4.79 Å². The largest absolute Gasteiger partial charge is 0.459 e. The minimum Gasteiger partial charge on any atom is -0.459 e. The summed E-state index contributed by atoms with van der Waals surface area (Å²) >= 11 is 0. The predicted molar refractivity (Wildman–Crippen MR) is 257 cm³/mol. The van der Waals surface area contributed by atoms with Crippen molar-refractivity contribution < 1.29 is 52.9 Å². The van der Waals surface area contributed by atoms with Crippen LogP contribution in [-0.4, -0.2) is 173 Å². The van der Waals surface area contributed by atoms with Crippen LogP contribution in [0.2, 0.25) is 0 Å². The topological polar surface area (TPSA) is 170 Å². The molecule has 3 N–H and O–H groups in total. The van der Waals surface area contributed by atoms with Gasteiger partial charge in [-0.1, -0.05) is 63.8 Å². The fourth-order valence-electron chi connectivity index (χ4n) is 11.1. The highest BCUT2D eigenvalue weighted by Gasteiger charge is 2.51. The zero-order chi connectivity index (χ0) is 50.0. The quantitative estimate of drug-likeness (QED) is 0.125. The third-order valence-corrected chi connectivity index (χ3v) is 15.2. The van der Waals surface area contributed by atoms with Gasteiger partial charge in [0.25, 0.3) is 0 Å². The minimum absolute atomic E-state index is 0.0508. The van der Waals surface area contributed by atoms with Crippen LogP contribution in [0.1, 0.15) is 119 Å². The Bertz CT molecular complexity index is 1750. The van der Waals surface area contributed by atoms with E-state index in [9.17, 15) is 24.5 Å². The Morgan fingerprint density at radius 3 is 2.40 bits per heavy atom. The first-order valence-corrected chi connectivity index (χ1v) is 24.7. The van der Waals surface area contributed by atoms with E-state index in [1.54, 1.807) is 37.3 Å². The van der Waals surface area contributed by atoms with Crippen LogP contribution in [0, 0.1) is 23.7 Å².